The molecule has 0 radical (unpaired) electrons. The largest absolute Gasteiger partial charge is 0.490 e. The van der Waals surface area contributed by atoms with E-state index >= 15 is 0 Å². The molecule has 6 unspecified atom stereocenters. The number of amides is 1. The molecular formula is C29H40N3O14P3S2. The van der Waals surface area contributed by atoms with Gasteiger partial charge in [0.05, 0.1) is 12.7 Å². The summed E-state index contributed by atoms with van der Waals surface area (Å²) in [5, 5.41) is 13.7. The van der Waals surface area contributed by atoms with Crippen LogP contribution in [-0.4, -0.2) is 64.2 Å². The minimum absolute atomic E-state index is 0.0133. The highest BCUT2D eigenvalue weighted by atomic mass is 33.1. The van der Waals surface area contributed by atoms with Gasteiger partial charge in [0.15, 0.2) is 0 Å². The van der Waals surface area contributed by atoms with Crippen molar-refractivity contribution in [1.29, 1.82) is 0 Å². The van der Waals surface area contributed by atoms with Gasteiger partial charge in [0, 0.05) is 29.2 Å². The van der Waals surface area contributed by atoms with E-state index in [4.69, 9.17) is 14.5 Å². The second-order valence-electron chi connectivity index (χ2n) is 13.2. The number of hydrogen-bond donors (Lipinski definition) is 6. The average molecular weight is 812 g/mol. The van der Waals surface area contributed by atoms with Crippen LogP contribution in [0.3, 0.4) is 0 Å². The highest BCUT2D eigenvalue weighted by molar-refractivity contribution is 8.76. The Bertz CT molecular complexity index is 1790. The summed E-state index contributed by atoms with van der Waals surface area (Å²) in [5.74, 6) is 3.69. The van der Waals surface area contributed by atoms with Gasteiger partial charge in [0.1, 0.15) is 18.1 Å². The molecule has 1 aromatic carbocycles. The average Bonchev–Trinajstić information content (AvgIpc) is 3.34. The van der Waals surface area contributed by atoms with Crippen molar-refractivity contribution in [1.82, 2.24) is 9.55 Å². The zero-order chi connectivity index (χ0) is 36.6. The lowest BCUT2D eigenvalue weighted by Gasteiger charge is -2.55. The second kappa shape index (κ2) is 16.1. The third-order valence-electron chi connectivity index (χ3n) is 9.95. The van der Waals surface area contributed by atoms with Crippen molar-refractivity contribution in [2.75, 3.05) is 11.9 Å². The summed E-state index contributed by atoms with van der Waals surface area (Å²) in [4.78, 5) is 66.4. The Hall–Kier alpha value is -1.40. The number of benzene rings is 1. The van der Waals surface area contributed by atoms with Crippen molar-refractivity contribution in [3.8, 4) is 0 Å². The summed E-state index contributed by atoms with van der Waals surface area (Å²) in [6.45, 7) is -0.892. The number of phosphoric ester groups is 1. The molecule has 6 N–H and O–H groups in total. The van der Waals surface area contributed by atoms with Crippen LogP contribution in [-0.2, 0) is 37.3 Å². The monoisotopic (exact) mass is 811 g/mol. The molecule has 4 aliphatic rings. The van der Waals surface area contributed by atoms with Gasteiger partial charge < -0.3 is 34.7 Å². The number of aliphatic hydroxyl groups is 1. The van der Waals surface area contributed by atoms with Crippen LogP contribution in [0.4, 0.5) is 5.82 Å². The Kier molecular flexibility index (Phi) is 12.4. The van der Waals surface area contributed by atoms with E-state index in [0.29, 0.717) is 16.6 Å². The molecule has 0 bridgehead atoms. The molecule has 17 nitrogen and oxygen atoms in total. The number of hydrogen-bond acceptors (Lipinski definition) is 13. The summed E-state index contributed by atoms with van der Waals surface area (Å²) >= 11 is 0. The van der Waals surface area contributed by atoms with Crippen LogP contribution < -0.4 is 11.0 Å². The Morgan fingerprint density at radius 2 is 1.69 bits per heavy atom. The Labute approximate surface area is 301 Å². The van der Waals surface area contributed by atoms with Gasteiger partial charge in [-0.05, 0) is 47.8 Å². The van der Waals surface area contributed by atoms with E-state index in [1.54, 1.807) is 22.9 Å². The molecule has 282 valence electrons. The Balaban J connectivity index is 1.00. The molecule has 1 aliphatic heterocycles. The van der Waals surface area contributed by atoms with E-state index in [1.165, 1.54) is 57.2 Å². The fourth-order valence-electron chi connectivity index (χ4n) is 7.06. The third-order valence-corrected chi connectivity index (χ3v) is 16.6. The summed E-state index contributed by atoms with van der Waals surface area (Å²) in [7, 11) is -13.0. The van der Waals surface area contributed by atoms with Crippen LogP contribution in [0.25, 0.3) is 0 Å². The topological polar surface area (TPSA) is 253 Å². The van der Waals surface area contributed by atoms with Gasteiger partial charge in [-0.15, -0.1) is 0 Å². The van der Waals surface area contributed by atoms with Gasteiger partial charge in [-0.3, -0.25) is 13.9 Å². The summed E-state index contributed by atoms with van der Waals surface area (Å²) in [6.07, 6.45) is 6.79. The van der Waals surface area contributed by atoms with Crippen LogP contribution in [0.15, 0.2) is 41.3 Å². The predicted molar refractivity (Wildman–Crippen MR) is 186 cm³/mol. The number of anilines is 1. The Morgan fingerprint density at radius 3 is 2.33 bits per heavy atom. The van der Waals surface area contributed by atoms with Gasteiger partial charge >= 0.3 is 29.2 Å². The van der Waals surface area contributed by atoms with E-state index < -0.39 is 60.1 Å². The fraction of sp³-hybridized carbons (Fsp3) is 0.621. The molecule has 2 aromatic rings. The maximum atomic E-state index is 13.3. The van der Waals surface area contributed by atoms with Crippen LogP contribution >= 0.6 is 45.1 Å². The molecule has 2 heterocycles. The smallest absolute Gasteiger partial charge is 0.390 e. The first-order valence-electron chi connectivity index (χ1n) is 16.5. The lowest BCUT2D eigenvalue weighted by molar-refractivity contribution is -0.0449. The number of nitrogens with zero attached hydrogens (tertiary/aromatic N) is 2. The number of aliphatic hydroxyl groups excluding tert-OH is 1. The lowest BCUT2D eigenvalue weighted by atomic mass is 9.54. The standard InChI is InChI=1S/C29H40N3O14P3S2/c33-22-14-26(44-23(22)15-43-48(39,40)46-49(41,42)45-47(36,37)38)32-12-11-25(31-29(32)35)30-28(34)20-10-2-1-5-19(20)16-50-51-24-13-21(17-6-3-7-17)27(24)18-8-4-9-18/h1-2,5,10-12,17-18,21-24,26-27,33H,3-4,6-9,13-16H2,(H,39,40)(H,41,42)(H2,36,37,38)(H,30,31,34,35)/t21?,22?,23-,24?,26-,27?/m1/s1. The van der Waals surface area contributed by atoms with E-state index in [-0.39, 0.29) is 12.2 Å². The van der Waals surface area contributed by atoms with E-state index in [0.717, 1.165) is 33.8 Å². The molecule has 3 aliphatic carbocycles. The number of carbonyl (C=O) groups excluding carboxylic acids is 1. The molecule has 4 fully saturated rings. The number of rotatable bonds is 16. The number of phosphoric acid groups is 3. The van der Waals surface area contributed by atoms with Crippen molar-refractivity contribution in [2.45, 2.75) is 80.8 Å². The van der Waals surface area contributed by atoms with Crippen molar-refractivity contribution in [2.24, 2.45) is 23.7 Å². The molecule has 3 saturated carbocycles. The number of ether oxygens (including phenoxy) is 1. The SMILES string of the molecule is O=C(Nc1ccn([C@H]2CC(O)[C@@H](COP(=O)(O)OP(=O)(O)OP(=O)(O)O)O2)c(=O)n1)c1ccccc1CSSC1CC(C2CCC2)C1C1CCC1. The van der Waals surface area contributed by atoms with Crippen molar-refractivity contribution in [3.63, 3.8) is 0 Å². The molecule has 22 heteroatoms. The first kappa shape index (κ1) is 39.3. The van der Waals surface area contributed by atoms with Gasteiger partial charge in [-0.25, -0.2) is 18.5 Å². The molecule has 0 spiro atoms. The van der Waals surface area contributed by atoms with Crippen LogP contribution in [0.5, 0.6) is 0 Å². The zero-order valence-corrected chi connectivity index (χ0v) is 31.4. The van der Waals surface area contributed by atoms with Crippen molar-refractivity contribution >= 4 is 56.8 Å². The van der Waals surface area contributed by atoms with Crippen LogP contribution in [0.1, 0.15) is 73.5 Å². The number of aromatic nitrogens is 2. The first-order valence-corrected chi connectivity index (χ1v) is 23.4. The van der Waals surface area contributed by atoms with Gasteiger partial charge in [0.2, 0.25) is 0 Å². The molecule has 1 saturated heterocycles. The molecule has 8 atom stereocenters. The maximum Gasteiger partial charge on any atom is 0.490 e. The fourth-order valence-corrected chi connectivity index (χ4v) is 13.3. The third kappa shape index (κ3) is 10.0. The molecule has 1 amide bonds. The normalized spacial score (nSPS) is 29.3. The highest BCUT2D eigenvalue weighted by Crippen LogP contribution is 2.66. The Morgan fingerprint density at radius 1 is 0.980 bits per heavy atom. The van der Waals surface area contributed by atoms with Gasteiger partial charge in [-0.2, -0.15) is 13.6 Å². The quantitative estimate of drug-likeness (QED) is 0.0966. The van der Waals surface area contributed by atoms with Crippen LogP contribution in [0.2, 0.25) is 0 Å². The minimum atomic E-state index is -5.72. The van der Waals surface area contributed by atoms with Gasteiger partial charge in [0.25, 0.3) is 5.91 Å². The van der Waals surface area contributed by atoms with Crippen LogP contribution in [0, 0.1) is 23.7 Å². The zero-order valence-electron chi connectivity index (χ0n) is 27.1. The lowest BCUT2D eigenvalue weighted by Crippen LogP contribution is -2.50. The first-order chi connectivity index (χ1) is 24.1. The highest BCUT2D eigenvalue weighted by Gasteiger charge is 2.51. The second-order valence-corrected chi connectivity index (χ2v) is 20.2. The number of carbonyl (C=O) groups is 1. The van der Waals surface area contributed by atoms with E-state index in [2.05, 4.69) is 23.4 Å². The number of nitrogens with one attached hydrogen (secondary N) is 1. The molecule has 6 rings (SSSR count). The van der Waals surface area contributed by atoms with Crippen molar-refractivity contribution in [3.05, 3.63) is 58.1 Å². The van der Waals surface area contributed by atoms with E-state index in [9.17, 15) is 38.2 Å². The maximum absolute atomic E-state index is 13.3. The van der Waals surface area contributed by atoms with Crippen molar-refractivity contribution < 1.29 is 61.1 Å². The summed E-state index contributed by atoms with van der Waals surface area (Å²) in [6, 6.07) is 8.67. The predicted octanol–water partition coefficient (Wildman–Crippen LogP) is 4.97. The van der Waals surface area contributed by atoms with Gasteiger partial charge in [-0.1, -0.05) is 78.3 Å². The molecule has 1 aromatic heterocycles. The molecular weight excluding hydrogens is 771 g/mol. The summed E-state index contributed by atoms with van der Waals surface area (Å²) in [5.41, 5.74) is 0.501. The molecule has 51 heavy (non-hydrogen) atoms. The minimum Gasteiger partial charge on any atom is -0.390 e. The summed E-state index contributed by atoms with van der Waals surface area (Å²) < 4.78 is 52.8. The van der Waals surface area contributed by atoms with E-state index in [1.807, 2.05) is 22.9 Å².